The Kier molecular flexibility index (Phi) is 9.76. The summed E-state index contributed by atoms with van der Waals surface area (Å²) in [4.78, 5) is 26.9. The van der Waals surface area contributed by atoms with E-state index in [9.17, 15) is 19.1 Å². The fraction of sp³-hybridized carbons (Fsp3) is 0.250. The van der Waals surface area contributed by atoms with Crippen LogP contribution in [0.1, 0.15) is 22.5 Å². The highest BCUT2D eigenvalue weighted by Crippen LogP contribution is 2.28. The molecule has 0 spiro atoms. The summed E-state index contributed by atoms with van der Waals surface area (Å²) in [5.74, 6) is 6.40. The minimum absolute atomic E-state index is 0.115. The normalized spacial score (nSPS) is 12.9. The molecule has 10 heteroatoms. The number of halogens is 1. The van der Waals surface area contributed by atoms with Crippen molar-refractivity contribution in [3.63, 3.8) is 0 Å². The molecule has 1 aliphatic heterocycles. The first-order chi connectivity index (χ1) is 18.2. The minimum atomic E-state index is -1.02. The van der Waals surface area contributed by atoms with E-state index in [1.807, 2.05) is 37.2 Å². The highest BCUT2D eigenvalue weighted by molar-refractivity contribution is 5.91. The summed E-state index contributed by atoms with van der Waals surface area (Å²) in [6.45, 7) is 0.868. The van der Waals surface area contributed by atoms with Crippen LogP contribution in [0.4, 0.5) is 10.1 Å². The summed E-state index contributed by atoms with van der Waals surface area (Å²) in [6.07, 6.45) is 2.61. The molecule has 3 N–H and O–H groups in total. The van der Waals surface area contributed by atoms with E-state index in [2.05, 4.69) is 16.8 Å². The molecule has 2 heterocycles. The molecule has 0 atom stereocenters. The number of benzene rings is 2. The van der Waals surface area contributed by atoms with Gasteiger partial charge in [-0.1, -0.05) is 11.8 Å². The molecule has 0 radical (unpaired) electrons. The fourth-order valence-electron chi connectivity index (χ4n) is 3.09. The third-order valence-corrected chi connectivity index (χ3v) is 5.09. The number of ether oxygens (including phenoxy) is 3. The van der Waals surface area contributed by atoms with Crippen LogP contribution in [0.3, 0.4) is 0 Å². The summed E-state index contributed by atoms with van der Waals surface area (Å²) in [7, 11) is 3.82. The Morgan fingerprint density at radius 1 is 1.18 bits per heavy atom. The van der Waals surface area contributed by atoms with Crippen molar-refractivity contribution in [3.8, 4) is 29.1 Å². The Morgan fingerprint density at radius 2 is 1.92 bits per heavy atom. The van der Waals surface area contributed by atoms with Crippen molar-refractivity contribution >= 4 is 17.9 Å². The molecule has 1 aromatic heterocycles. The lowest BCUT2D eigenvalue weighted by Gasteiger charge is -2.30. The monoisotopic (exact) mass is 521 g/mol. The molecule has 1 fully saturated rings. The summed E-state index contributed by atoms with van der Waals surface area (Å²) in [5, 5.41) is 9.88. The van der Waals surface area contributed by atoms with Crippen LogP contribution in [-0.2, 0) is 9.53 Å². The number of nitrogens with zero attached hydrogens (tertiary/aromatic N) is 2. The number of anilines is 1. The van der Waals surface area contributed by atoms with Gasteiger partial charge in [-0.15, -0.1) is 0 Å². The van der Waals surface area contributed by atoms with Crippen molar-refractivity contribution in [2.75, 3.05) is 38.8 Å². The Bertz CT molecular complexity index is 1310. The zero-order chi connectivity index (χ0) is 27.5. The number of primary amides is 1. The second-order valence-electron chi connectivity index (χ2n) is 8.45. The van der Waals surface area contributed by atoms with E-state index < -0.39 is 11.5 Å². The van der Waals surface area contributed by atoms with Gasteiger partial charge in [-0.05, 0) is 48.5 Å². The molecule has 198 valence electrons. The van der Waals surface area contributed by atoms with Gasteiger partial charge in [0.05, 0.1) is 25.5 Å². The van der Waals surface area contributed by atoms with E-state index in [0.29, 0.717) is 30.3 Å². The van der Waals surface area contributed by atoms with Crippen LogP contribution in [-0.4, -0.2) is 61.8 Å². The summed E-state index contributed by atoms with van der Waals surface area (Å²) < 4.78 is 28.6. The van der Waals surface area contributed by atoms with Crippen molar-refractivity contribution in [2.24, 2.45) is 5.73 Å². The maximum Gasteiger partial charge on any atom is 0.267 e. The molecule has 2 aromatic carbocycles. The fourth-order valence-corrected chi connectivity index (χ4v) is 3.09. The van der Waals surface area contributed by atoms with Gasteiger partial charge in [0, 0.05) is 38.3 Å². The van der Waals surface area contributed by atoms with E-state index >= 15 is 0 Å². The predicted molar refractivity (Wildman–Crippen MR) is 139 cm³/mol. The largest absolute Gasteiger partial charge is 0.491 e. The average molecular weight is 522 g/mol. The number of pyridine rings is 1. The molecule has 38 heavy (non-hydrogen) atoms. The molecule has 4 rings (SSSR count). The van der Waals surface area contributed by atoms with Crippen LogP contribution in [0.2, 0.25) is 0 Å². The highest BCUT2D eigenvalue weighted by Gasteiger charge is 2.33. The number of hydrogen-bond acceptors (Lipinski definition) is 8. The molecular formula is C28H28FN3O6. The van der Waals surface area contributed by atoms with E-state index in [4.69, 9.17) is 19.9 Å². The van der Waals surface area contributed by atoms with Gasteiger partial charge in [0.25, 0.3) is 5.91 Å². The number of rotatable bonds is 8. The first-order valence-electron chi connectivity index (χ1n) is 11.6. The molecule has 0 aliphatic carbocycles. The number of carbonyl (C=O) groups excluding carboxylic acids is 2. The smallest absolute Gasteiger partial charge is 0.267 e. The van der Waals surface area contributed by atoms with Crippen LogP contribution in [0.15, 0.2) is 60.8 Å². The second-order valence-corrected chi connectivity index (χ2v) is 8.45. The predicted octanol–water partition coefficient (Wildman–Crippen LogP) is 2.95. The standard InChI is InChI=1S/C16H19NO4.C12H9FN2O2/c1-17(2)14-10-13(6-7-16(19)11-20-12-16)4-5-15(14)21-9-3-8-18;13-8-1-3-9(4-2-8)17-10-5-6-15-11(7-10)12(14)16/h4-5,8,10,19H,3,9,11-12H2,1-2H3;1-7H,(H2,14,16). The van der Waals surface area contributed by atoms with Crippen molar-refractivity contribution in [2.45, 2.75) is 12.0 Å². The molecule has 0 unspecified atom stereocenters. The molecule has 1 saturated heterocycles. The van der Waals surface area contributed by atoms with E-state index in [1.165, 1.54) is 36.5 Å². The van der Waals surface area contributed by atoms with Gasteiger partial charge in [0.15, 0.2) is 5.60 Å². The van der Waals surface area contributed by atoms with Gasteiger partial charge in [-0.2, -0.15) is 0 Å². The zero-order valence-corrected chi connectivity index (χ0v) is 21.0. The third kappa shape index (κ3) is 8.30. The molecule has 1 amide bonds. The Balaban J connectivity index is 0.000000215. The third-order valence-electron chi connectivity index (χ3n) is 5.09. The number of amides is 1. The summed E-state index contributed by atoms with van der Waals surface area (Å²) >= 11 is 0. The maximum atomic E-state index is 12.7. The SMILES string of the molecule is CN(C)c1cc(C#CC2(O)COC2)ccc1OCCC=O.NC(=O)c1cc(Oc2ccc(F)cc2)ccn1. The number of hydrogen-bond donors (Lipinski definition) is 2. The van der Waals surface area contributed by atoms with Crippen LogP contribution >= 0.6 is 0 Å². The summed E-state index contributed by atoms with van der Waals surface area (Å²) in [6, 6.07) is 14.1. The average Bonchev–Trinajstić information content (AvgIpc) is 2.89. The van der Waals surface area contributed by atoms with E-state index in [1.54, 1.807) is 6.07 Å². The number of carbonyl (C=O) groups is 2. The summed E-state index contributed by atoms with van der Waals surface area (Å²) in [5.41, 5.74) is 5.86. The van der Waals surface area contributed by atoms with E-state index in [0.717, 1.165) is 17.5 Å². The lowest BCUT2D eigenvalue weighted by atomic mass is 10.0. The van der Waals surface area contributed by atoms with Crippen molar-refractivity contribution in [1.29, 1.82) is 0 Å². The maximum absolute atomic E-state index is 12.7. The number of aliphatic hydroxyl groups is 1. The molecule has 0 saturated carbocycles. The van der Waals surface area contributed by atoms with Crippen LogP contribution in [0.25, 0.3) is 0 Å². The molecule has 9 nitrogen and oxygen atoms in total. The Labute approximate surface area is 220 Å². The van der Waals surface area contributed by atoms with Crippen LogP contribution in [0, 0.1) is 17.7 Å². The number of aldehydes is 1. The quantitative estimate of drug-likeness (QED) is 0.263. The topological polar surface area (TPSA) is 124 Å². The zero-order valence-electron chi connectivity index (χ0n) is 21.0. The van der Waals surface area contributed by atoms with Crippen molar-refractivity contribution in [1.82, 2.24) is 4.98 Å². The first-order valence-corrected chi connectivity index (χ1v) is 11.6. The van der Waals surface area contributed by atoms with Gasteiger partial charge in [-0.25, -0.2) is 4.39 Å². The minimum Gasteiger partial charge on any atom is -0.491 e. The van der Waals surface area contributed by atoms with Gasteiger partial charge < -0.3 is 34.7 Å². The Hall–Kier alpha value is -4.46. The number of nitrogens with two attached hydrogens (primary N) is 1. The number of aromatic nitrogens is 1. The van der Waals surface area contributed by atoms with Gasteiger partial charge in [0.1, 0.15) is 35.0 Å². The highest BCUT2D eigenvalue weighted by atomic mass is 19.1. The van der Waals surface area contributed by atoms with Crippen LogP contribution in [0.5, 0.6) is 17.2 Å². The van der Waals surface area contributed by atoms with Crippen LogP contribution < -0.4 is 20.1 Å². The van der Waals surface area contributed by atoms with E-state index in [-0.39, 0.29) is 24.7 Å². The lowest BCUT2D eigenvalue weighted by Crippen LogP contribution is -2.48. The lowest BCUT2D eigenvalue weighted by molar-refractivity contribution is -0.140. The Morgan fingerprint density at radius 3 is 2.53 bits per heavy atom. The van der Waals surface area contributed by atoms with Gasteiger partial charge in [-0.3, -0.25) is 9.78 Å². The van der Waals surface area contributed by atoms with Crippen molar-refractivity contribution < 1.29 is 33.3 Å². The van der Waals surface area contributed by atoms with Crippen molar-refractivity contribution in [3.05, 3.63) is 77.9 Å². The first kappa shape index (κ1) is 28.1. The second kappa shape index (κ2) is 13.2. The van der Waals surface area contributed by atoms with Gasteiger partial charge >= 0.3 is 0 Å². The van der Waals surface area contributed by atoms with Gasteiger partial charge in [0.2, 0.25) is 0 Å². The molecule has 1 aliphatic rings. The molecular weight excluding hydrogens is 493 g/mol. The molecule has 0 bridgehead atoms. The molecule has 3 aromatic rings.